The van der Waals surface area contributed by atoms with Gasteiger partial charge in [0, 0.05) is 69.1 Å². The first-order chi connectivity index (χ1) is 20.6. The molecule has 1 atom stereocenters. The zero-order chi connectivity index (χ0) is 30.3. The third-order valence-corrected chi connectivity index (χ3v) is 8.28. The van der Waals surface area contributed by atoms with Crippen LogP contribution in [0.2, 0.25) is 5.02 Å². The summed E-state index contributed by atoms with van der Waals surface area (Å²) in [5.74, 6) is 2.62. The summed E-state index contributed by atoms with van der Waals surface area (Å²) in [5.41, 5.74) is 2.17. The van der Waals surface area contributed by atoms with Gasteiger partial charge in [0.05, 0.1) is 18.8 Å². The van der Waals surface area contributed by atoms with E-state index in [1.54, 1.807) is 31.6 Å². The van der Waals surface area contributed by atoms with Gasteiger partial charge in [0.25, 0.3) is 0 Å². The van der Waals surface area contributed by atoms with Crippen LogP contribution in [0.5, 0.6) is 11.5 Å². The Morgan fingerprint density at radius 3 is 2.72 bits per heavy atom. The summed E-state index contributed by atoms with van der Waals surface area (Å²) in [4.78, 5) is 28.0. The van der Waals surface area contributed by atoms with Gasteiger partial charge in [-0.2, -0.15) is 10.1 Å². The number of pyridine rings is 2. The van der Waals surface area contributed by atoms with Crippen molar-refractivity contribution >= 4 is 46.3 Å². The second-order valence-corrected chi connectivity index (χ2v) is 12.7. The van der Waals surface area contributed by atoms with Gasteiger partial charge < -0.3 is 24.7 Å². The summed E-state index contributed by atoms with van der Waals surface area (Å²) in [7, 11) is 3.61. The maximum atomic E-state index is 12.1. The van der Waals surface area contributed by atoms with Crippen LogP contribution in [0.3, 0.4) is 0 Å². The van der Waals surface area contributed by atoms with Gasteiger partial charge in [-0.25, -0.2) is 9.97 Å². The maximum absolute atomic E-state index is 12.1. The Kier molecular flexibility index (Phi) is 8.01. The number of carbonyl (C=O) groups excluding carboxylic acids is 1. The fourth-order valence-corrected chi connectivity index (χ4v) is 5.68. The van der Waals surface area contributed by atoms with Gasteiger partial charge in [0.15, 0.2) is 17.2 Å². The highest BCUT2D eigenvalue weighted by Crippen LogP contribution is 2.37. The highest BCUT2D eigenvalue weighted by molar-refractivity contribution is 6.36. The van der Waals surface area contributed by atoms with E-state index in [-0.39, 0.29) is 23.3 Å². The smallest absolute Gasteiger partial charge is 0.228 e. The zero-order valence-corrected chi connectivity index (χ0v) is 26.0. The van der Waals surface area contributed by atoms with Crippen molar-refractivity contribution in [3.8, 4) is 11.5 Å². The summed E-state index contributed by atoms with van der Waals surface area (Å²) in [5, 5.41) is 11.6. The number of amides is 1. The monoisotopic (exact) mass is 607 g/mol. The number of rotatable bonds is 10. The number of likely N-dealkylation sites (tertiary alicyclic amines) is 1. The van der Waals surface area contributed by atoms with Gasteiger partial charge in [-0.3, -0.25) is 14.4 Å². The molecule has 2 N–H and O–H groups in total. The minimum Gasteiger partial charge on any atom is -0.454 e. The zero-order valence-electron chi connectivity index (χ0n) is 25.2. The molecular weight excluding hydrogens is 570 g/mol. The third kappa shape index (κ3) is 6.31. The lowest BCUT2D eigenvalue weighted by molar-refractivity contribution is -0.117. The molecule has 1 aliphatic carbocycles. The fourth-order valence-electron chi connectivity index (χ4n) is 5.38. The number of hydrogen-bond donors (Lipinski definition) is 2. The van der Waals surface area contributed by atoms with Crippen LogP contribution in [0, 0.1) is 5.92 Å². The van der Waals surface area contributed by atoms with Crippen LogP contribution in [0.4, 0.5) is 17.6 Å². The molecule has 228 valence electrons. The Bertz CT molecular complexity index is 1640. The number of methoxy groups -OCH3 is 1. The molecule has 43 heavy (non-hydrogen) atoms. The Hall–Kier alpha value is -3.74. The van der Waals surface area contributed by atoms with E-state index in [0.717, 1.165) is 51.2 Å². The van der Waals surface area contributed by atoms with E-state index in [1.165, 1.54) is 0 Å². The molecule has 0 bridgehead atoms. The molecule has 1 saturated carbocycles. The second-order valence-electron chi connectivity index (χ2n) is 12.3. The molecule has 1 amide bonds. The average molecular weight is 608 g/mol. The summed E-state index contributed by atoms with van der Waals surface area (Å²) < 4.78 is 15.4. The molecule has 13 heteroatoms. The molecule has 0 radical (unpaired) electrons. The van der Waals surface area contributed by atoms with Crippen molar-refractivity contribution in [2.45, 2.75) is 51.5 Å². The van der Waals surface area contributed by atoms with Crippen molar-refractivity contribution in [2.24, 2.45) is 13.0 Å². The van der Waals surface area contributed by atoms with E-state index in [9.17, 15) is 4.79 Å². The Labute approximate surface area is 255 Å². The van der Waals surface area contributed by atoms with Gasteiger partial charge in [0.1, 0.15) is 22.1 Å². The minimum absolute atomic E-state index is 0.0209. The van der Waals surface area contributed by atoms with Crippen molar-refractivity contribution in [3.05, 3.63) is 41.3 Å². The topological polar surface area (TPSA) is 124 Å². The number of halogens is 1. The standard InChI is InChI=1S/C30H38ClN9O3/c1-30(2,3)22-15-24(37-40(22)19-9-11-39(17-19)12-13-42-5)35-29-36-27-26(38(29)4)25(31)21(16-33-27)43-20-8-10-32-23(14-20)34-28(41)18-6-7-18/h8,10,14-16,18-19H,6-7,9,11-13,17H2,1-5H3,(H,32,34,41)(H,33,35,36,37). The molecule has 4 aromatic heterocycles. The molecule has 5 heterocycles. The highest BCUT2D eigenvalue weighted by atomic mass is 35.5. The van der Waals surface area contributed by atoms with E-state index in [0.29, 0.717) is 45.3 Å². The lowest BCUT2D eigenvalue weighted by Gasteiger charge is -2.23. The number of aryl methyl sites for hydroxylation is 1. The van der Waals surface area contributed by atoms with Crippen LogP contribution in [-0.4, -0.2) is 73.5 Å². The third-order valence-electron chi connectivity index (χ3n) is 7.91. The van der Waals surface area contributed by atoms with Crippen molar-refractivity contribution in [1.82, 2.24) is 34.2 Å². The molecular formula is C30H38ClN9O3. The number of nitrogens with zero attached hydrogens (tertiary/aromatic N) is 7. The van der Waals surface area contributed by atoms with Crippen molar-refractivity contribution < 1.29 is 14.3 Å². The highest BCUT2D eigenvalue weighted by Gasteiger charge is 2.31. The van der Waals surface area contributed by atoms with E-state index < -0.39 is 0 Å². The van der Waals surface area contributed by atoms with Crippen molar-refractivity contribution in [2.75, 3.05) is 44.0 Å². The Balaban J connectivity index is 1.23. The van der Waals surface area contributed by atoms with Gasteiger partial charge in [0.2, 0.25) is 11.9 Å². The van der Waals surface area contributed by atoms with E-state index in [1.807, 2.05) is 11.6 Å². The lowest BCUT2D eigenvalue weighted by atomic mass is 9.91. The molecule has 0 aromatic carbocycles. The molecule has 1 saturated heterocycles. The van der Waals surface area contributed by atoms with Gasteiger partial charge in [-0.05, 0) is 25.3 Å². The van der Waals surface area contributed by atoms with E-state index >= 15 is 0 Å². The molecule has 6 rings (SSSR count). The lowest BCUT2D eigenvalue weighted by Crippen LogP contribution is -2.27. The molecule has 1 aliphatic heterocycles. The first-order valence-electron chi connectivity index (χ1n) is 14.6. The van der Waals surface area contributed by atoms with Crippen molar-refractivity contribution in [3.63, 3.8) is 0 Å². The van der Waals surface area contributed by atoms with Crippen molar-refractivity contribution in [1.29, 1.82) is 0 Å². The maximum Gasteiger partial charge on any atom is 0.228 e. The van der Waals surface area contributed by atoms with E-state index in [2.05, 4.69) is 57.0 Å². The minimum atomic E-state index is -0.0934. The van der Waals surface area contributed by atoms with Crippen LogP contribution < -0.4 is 15.4 Å². The number of fused-ring (bicyclic) bond motifs is 1. The normalized spacial score (nSPS) is 17.5. The van der Waals surface area contributed by atoms with Gasteiger partial charge in [-0.1, -0.05) is 32.4 Å². The molecule has 4 aromatic rings. The average Bonchev–Trinajstić information content (AvgIpc) is 3.42. The summed E-state index contributed by atoms with van der Waals surface area (Å²) >= 11 is 6.84. The number of aromatic nitrogens is 6. The number of hydrogen-bond acceptors (Lipinski definition) is 9. The SMILES string of the molecule is COCCN1CCC(n2nc(Nc3nc4ncc(Oc5ccnc(NC(=O)C6CC6)c5)c(Cl)c4n3C)cc2C(C)(C)C)C1. The number of anilines is 3. The molecule has 2 aliphatic rings. The van der Waals surface area contributed by atoms with Crippen LogP contribution in [0.1, 0.15) is 51.8 Å². The molecule has 1 unspecified atom stereocenters. The fraction of sp³-hybridized carbons (Fsp3) is 0.500. The second kappa shape index (κ2) is 11.7. The van der Waals surface area contributed by atoms with Crippen LogP contribution in [0.15, 0.2) is 30.6 Å². The number of carbonyl (C=O) groups is 1. The number of imidazole rings is 1. The largest absolute Gasteiger partial charge is 0.454 e. The molecule has 2 fully saturated rings. The summed E-state index contributed by atoms with van der Waals surface area (Å²) in [6, 6.07) is 5.76. The number of ether oxygens (including phenoxy) is 2. The van der Waals surface area contributed by atoms with Crippen LogP contribution >= 0.6 is 11.6 Å². The first-order valence-corrected chi connectivity index (χ1v) is 15.0. The summed E-state index contributed by atoms with van der Waals surface area (Å²) in [6.07, 6.45) is 6.00. The predicted molar refractivity (Wildman–Crippen MR) is 165 cm³/mol. The van der Waals surface area contributed by atoms with Crippen LogP contribution in [-0.2, 0) is 22.0 Å². The molecule has 12 nitrogen and oxygen atoms in total. The van der Waals surface area contributed by atoms with Gasteiger partial charge >= 0.3 is 0 Å². The Morgan fingerprint density at radius 1 is 1.16 bits per heavy atom. The predicted octanol–water partition coefficient (Wildman–Crippen LogP) is 5.29. The quantitative estimate of drug-likeness (QED) is 0.247. The van der Waals surface area contributed by atoms with E-state index in [4.69, 9.17) is 31.2 Å². The molecule has 0 spiro atoms. The van der Waals surface area contributed by atoms with Crippen LogP contribution in [0.25, 0.3) is 11.2 Å². The summed E-state index contributed by atoms with van der Waals surface area (Å²) in [6.45, 7) is 10.2. The number of nitrogens with one attached hydrogen (secondary N) is 2. The first kappa shape index (κ1) is 29.3. The van der Waals surface area contributed by atoms with Gasteiger partial charge in [-0.15, -0.1) is 0 Å². The Morgan fingerprint density at radius 2 is 1.98 bits per heavy atom.